The summed E-state index contributed by atoms with van der Waals surface area (Å²) in [5.74, 6) is 2.40. The van der Waals surface area contributed by atoms with Gasteiger partial charge in [0.25, 0.3) is 0 Å². The number of hydrogen-bond donors (Lipinski definition) is 1. The summed E-state index contributed by atoms with van der Waals surface area (Å²) in [7, 11) is 1.61. The van der Waals surface area contributed by atoms with E-state index in [9.17, 15) is 10.5 Å². The Morgan fingerprint density at radius 2 is 1.86 bits per heavy atom. The second-order valence-electron chi connectivity index (χ2n) is 6.94. The fraction of sp³-hybridized carbons (Fsp3) is 0.550. The molecule has 1 saturated carbocycles. The highest BCUT2D eigenvalue weighted by Crippen LogP contribution is 2.85. The van der Waals surface area contributed by atoms with Gasteiger partial charge in [0.2, 0.25) is 0 Å². The van der Waals surface area contributed by atoms with Crippen LogP contribution < -0.4 is 10.5 Å². The van der Waals surface area contributed by atoms with Crippen LogP contribution in [0.5, 0.6) is 5.75 Å². The van der Waals surface area contributed by atoms with Crippen molar-refractivity contribution >= 4 is 45.3 Å². The normalized spacial score (nSPS) is 29.4. The molecule has 28 heavy (non-hydrogen) atoms. The van der Waals surface area contributed by atoms with Gasteiger partial charge in [-0.1, -0.05) is 19.9 Å². The van der Waals surface area contributed by atoms with E-state index in [2.05, 4.69) is 41.9 Å². The predicted molar refractivity (Wildman–Crippen MR) is 119 cm³/mol. The molecule has 1 fully saturated rings. The van der Waals surface area contributed by atoms with E-state index >= 15 is 0 Å². The standard InChI is InChI=1S/C20H23BrN4OS2/c1-4-8-27-20(28-9-5-2)19(12-23)16(18(19,11-22)17(24)25-20)13-6-7-15(26-3)14(21)10-13/h6-7,10,16H,4-5,8-9H2,1-3H3,(H2,24,25). The average Bonchev–Trinajstić information content (AvgIpc) is 3.28. The van der Waals surface area contributed by atoms with Crippen LogP contribution in [-0.4, -0.2) is 28.7 Å². The Morgan fingerprint density at radius 1 is 1.21 bits per heavy atom. The van der Waals surface area contributed by atoms with Crippen LogP contribution in [0.3, 0.4) is 0 Å². The molecule has 0 aromatic heterocycles. The molecule has 1 heterocycles. The minimum Gasteiger partial charge on any atom is -0.496 e. The van der Waals surface area contributed by atoms with Gasteiger partial charge in [-0.3, -0.25) is 0 Å². The maximum atomic E-state index is 10.4. The third-order valence-corrected chi connectivity index (χ3v) is 9.60. The van der Waals surface area contributed by atoms with Gasteiger partial charge in [-0.2, -0.15) is 10.5 Å². The maximum Gasteiger partial charge on any atom is 0.175 e. The molecule has 1 aliphatic heterocycles. The van der Waals surface area contributed by atoms with Gasteiger partial charge >= 0.3 is 0 Å². The van der Waals surface area contributed by atoms with Gasteiger partial charge < -0.3 is 10.5 Å². The van der Waals surface area contributed by atoms with E-state index in [1.807, 2.05) is 18.2 Å². The van der Waals surface area contributed by atoms with Crippen LogP contribution in [-0.2, 0) is 0 Å². The Kier molecular flexibility index (Phi) is 5.96. The summed E-state index contributed by atoms with van der Waals surface area (Å²) in [6.07, 6.45) is 1.93. The maximum absolute atomic E-state index is 10.4. The molecule has 0 spiro atoms. The van der Waals surface area contributed by atoms with Crippen molar-refractivity contribution in [1.29, 1.82) is 10.5 Å². The first-order chi connectivity index (χ1) is 13.4. The molecule has 8 heteroatoms. The van der Waals surface area contributed by atoms with Crippen LogP contribution in [0.4, 0.5) is 0 Å². The molecule has 2 N–H and O–H groups in total. The molecule has 3 rings (SSSR count). The molecule has 0 bridgehead atoms. The zero-order chi connectivity index (χ0) is 20.6. The number of fused-ring (bicyclic) bond motifs is 1. The van der Waals surface area contributed by atoms with Crippen molar-refractivity contribution in [3.63, 3.8) is 0 Å². The van der Waals surface area contributed by atoms with E-state index in [0.29, 0.717) is 11.6 Å². The summed E-state index contributed by atoms with van der Waals surface area (Å²) >= 11 is 6.84. The Morgan fingerprint density at radius 3 is 2.32 bits per heavy atom. The summed E-state index contributed by atoms with van der Waals surface area (Å²) in [4.78, 5) is 4.78. The molecule has 1 aliphatic carbocycles. The number of aliphatic imine (C=N–C) groups is 1. The molecule has 1 aromatic rings. The van der Waals surface area contributed by atoms with Gasteiger partial charge in [0, 0.05) is 5.92 Å². The summed E-state index contributed by atoms with van der Waals surface area (Å²) in [6, 6.07) is 10.7. The molecular formula is C20H23BrN4OS2. The Hall–Kier alpha value is -1.35. The first-order valence-electron chi connectivity index (χ1n) is 9.24. The molecule has 3 atom stereocenters. The molecule has 0 amide bonds. The number of methoxy groups -OCH3 is 1. The number of hydrogen-bond acceptors (Lipinski definition) is 7. The van der Waals surface area contributed by atoms with E-state index in [-0.39, 0.29) is 5.92 Å². The number of nitrogens with two attached hydrogens (primary N) is 1. The minimum absolute atomic E-state index is 0.292. The van der Waals surface area contributed by atoms with Gasteiger partial charge in [-0.15, -0.1) is 23.5 Å². The van der Waals surface area contributed by atoms with Crippen molar-refractivity contribution < 1.29 is 4.74 Å². The lowest BCUT2D eigenvalue weighted by Gasteiger charge is -2.32. The van der Waals surface area contributed by atoms with Crippen LogP contribution >= 0.6 is 39.5 Å². The van der Waals surface area contributed by atoms with Gasteiger partial charge in [-0.05, 0) is 58.0 Å². The highest BCUT2D eigenvalue weighted by Gasteiger charge is 2.91. The molecule has 3 unspecified atom stereocenters. The quantitative estimate of drug-likeness (QED) is 0.534. The second-order valence-corrected chi connectivity index (χ2v) is 10.6. The molecule has 2 aliphatic rings. The summed E-state index contributed by atoms with van der Waals surface area (Å²) in [5.41, 5.74) is 5.22. The molecule has 1 aromatic carbocycles. The highest BCUT2D eigenvalue weighted by molar-refractivity contribution is 9.10. The molecule has 148 valence electrons. The van der Waals surface area contributed by atoms with Crippen LogP contribution in [0, 0.1) is 33.5 Å². The zero-order valence-corrected chi connectivity index (χ0v) is 19.4. The van der Waals surface area contributed by atoms with Crippen LogP contribution in [0.1, 0.15) is 38.2 Å². The van der Waals surface area contributed by atoms with E-state index in [0.717, 1.165) is 34.4 Å². The Balaban J connectivity index is 2.16. The van der Waals surface area contributed by atoms with Crippen molar-refractivity contribution in [2.75, 3.05) is 18.6 Å². The van der Waals surface area contributed by atoms with Gasteiger partial charge in [0.15, 0.2) is 4.20 Å². The number of nitrogens with zero attached hydrogens (tertiary/aromatic N) is 3. The van der Waals surface area contributed by atoms with Crippen molar-refractivity contribution in [1.82, 2.24) is 0 Å². The number of benzene rings is 1. The van der Waals surface area contributed by atoms with Crippen molar-refractivity contribution in [2.24, 2.45) is 21.6 Å². The molecular weight excluding hydrogens is 456 g/mol. The van der Waals surface area contributed by atoms with Crippen LogP contribution in [0.2, 0.25) is 0 Å². The summed E-state index contributed by atoms with van der Waals surface area (Å²) in [5, 5.41) is 20.6. The zero-order valence-electron chi connectivity index (χ0n) is 16.2. The Labute approximate surface area is 183 Å². The van der Waals surface area contributed by atoms with E-state index in [1.54, 1.807) is 30.6 Å². The minimum atomic E-state index is -1.09. The lowest BCUT2D eigenvalue weighted by Crippen LogP contribution is -2.32. The second kappa shape index (κ2) is 7.82. The average molecular weight is 479 g/mol. The van der Waals surface area contributed by atoms with Crippen LogP contribution in [0.25, 0.3) is 0 Å². The van der Waals surface area contributed by atoms with Crippen molar-refractivity contribution in [2.45, 2.75) is 36.8 Å². The monoisotopic (exact) mass is 478 g/mol. The van der Waals surface area contributed by atoms with Crippen molar-refractivity contribution in [3.05, 3.63) is 28.2 Å². The van der Waals surface area contributed by atoms with E-state index in [4.69, 9.17) is 15.5 Å². The first-order valence-corrected chi connectivity index (χ1v) is 12.0. The fourth-order valence-corrected chi connectivity index (χ4v) is 7.98. The first kappa shape index (κ1) is 21.4. The van der Waals surface area contributed by atoms with Crippen LogP contribution in [0.15, 0.2) is 27.7 Å². The fourth-order valence-electron chi connectivity index (χ4n) is 4.20. The number of rotatable bonds is 8. The topological polar surface area (TPSA) is 95.2 Å². The van der Waals surface area contributed by atoms with Gasteiger partial charge in [0.05, 0.1) is 23.7 Å². The van der Waals surface area contributed by atoms with Gasteiger partial charge in [0.1, 0.15) is 22.4 Å². The van der Waals surface area contributed by atoms with Crippen molar-refractivity contribution in [3.8, 4) is 17.9 Å². The SMILES string of the molecule is CCCSC1(SCCC)N=C(N)C2(C#N)C(c3ccc(OC)c(Br)c3)C12C#N. The third-order valence-electron chi connectivity index (χ3n) is 5.44. The summed E-state index contributed by atoms with van der Waals surface area (Å²) < 4.78 is 5.37. The van der Waals surface area contributed by atoms with E-state index < -0.39 is 15.0 Å². The van der Waals surface area contributed by atoms with Gasteiger partial charge in [-0.25, -0.2) is 4.99 Å². The number of nitriles is 2. The largest absolute Gasteiger partial charge is 0.496 e. The highest BCUT2D eigenvalue weighted by atomic mass is 79.9. The third kappa shape index (κ3) is 2.61. The number of halogens is 1. The number of amidine groups is 1. The number of ether oxygens (including phenoxy) is 1. The molecule has 0 saturated heterocycles. The smallest absolute Gasteiger partial charge is 0.175 e. The summed E-state index contributed by atoms with van der Waals surface area (Å²) in [6.45, 7) is 4.21. The van der Waals surface area contributed by atoms with E-state index in [1.165, 1.54) is 0 Å². The Bertz CT molecular complexity index is 885. The number of thioether (sulfide) groups is 2. The lowest BCUT2D eigenvalue weighted by molar-refractivity contribution is 0.412. The predicted octanol–water partition coefficient (Wildman–Crippen LogP) is 4.89. The molecule has 5 nitrogen and oxygen atoms in total. The molecule has 0 radical (unpaired) electrons. The lowest BCUT2D eigenvalue weighted by atomic mass is 9.97.